The molecule has 2 aliphatic heterocycles. The van der Waals surface area contributed by atoms with Crippen LogP contribution in [0.25, 0.3) is 0 Å². The Hall–Kier alpha value is -1.71. The van der Waals surface area contributed by atoms with Crippen LogP contribution >= 0.6 is 23.1 Å². The molecule has 1 amide bonds. The SMILES string of the molecule is C/C(CO)=C1\C(=O)N2C(C(=O)O)=C(CSc3nnc(C)s3)[C@H](C)[C@H]12. The Morgan fingerprint density at radius 3 is 2.67 bits per heavy atom. The minimum absolute atomic E-state index is 0.0701. The lowest BCUT2D eigenvalue weighted by molar-refractivity contribution is -0.142. The summed E-state index contributed by atoms with van der Waals surface area (Å²) < 4.78 is 0.778. The topological polar surface area (TPSA) is 104 Å². The molecule has 24 heavy (non-hydrogen) atoms. The zero-order chi connectivity index (χ0) is 17.6. The average molecular weight is 367 g/mol. The van der Waals surface area contributed by atoms with E-state index in [1.54, 1.807) is 6.92 Å². The van der Waals surface area contributed by atoms with Gasteiger partial charge in [-0.05, 0) is 25.0 Å². The number of carboxylic acid groups (broad SMARTS) is 1. The van der Waals surface area contributed by atoms with Gasteiger partial charge in [0.15, 0.2) is 4.34 Å². The van der Waals surface area contributed by atoms with Gasteiger partial charge in [-0.2, -0.15) is 0 Å². The number of rotatable bonds is 5. The fraction of sp³-hybridized carbons (Fsp3) is 0.467. The van der Waals surface area contributed by atoms with Gasteiger partial charge in [-0.3, -0.25) is 9.69 Å². The predicted octanol–water partition coefficient (Wildman–Crippen LogP) is 1.45. The van der Waals surface area contributed by atoms with Gasteiger partial charge in [0.05, 0.1) is 12.6 Å². The van der Waals surface area contributed by atoms with Gasteiger partial charge in [-0.1, -0.05) is 30.0 Å². The highest BCUT2D eigenvalue weighted by atomic mass is 32.2. The molecule has 1 aromatic heterocycles. The lowest BCUT2D eigenvalue weighted by atomic mass is 9.83. The van der Waals surface area contributed by atoms with Crippen LogP contribution in [0.3, 0.4) is 0 Å². The molecule has 0 unspecified atom stereocenters. The molecule has 7 nitrogen and oxygen atoms in total. The van der Waals surface area contributed by atoms with Crippen molar-refractivity contribution >= 4 is 35.0 Å². The number of aromatic nitrogens is 2. The molecule has 0 spiro atoms. The van der Waals surface area contributed by atoms with Crippen molar-refractivity contribution in [1.29, 1.82) is 0 Å². The van der Waals surface area contributed by atoms with Crippen LogP contribution in [0.15, 0.2) is 26.8 Å². The molecule has 0 saturated carbocycles. The number of aliphatic carboxylic acids is 1. The Bertz CT molecular complexity index is 783. The molecule has 1 fully saturated rings. The summed E-state index contributed by atoms with van der Waals surface area (Å²) in [5.74, 6) is -1.07. The zero-order valence-corrected chi connectivity index (χ0v) is 15.1. The van der Waals surface area contributed by atoms with Crippen molar-refractivity contribution in [2.45, 2.75) is 31.2 Å². The van der Waals surface area contributed by atoms with Crippen molar-refractivity contribution < 1.29 is 19.8 Å². The first-order valence-electron chi connectivity index (χ1n) is 7.40. The Morgan fingerprint density at radius 1 is 1.42 bits per heavy atom. The molecule has 3 heterocycles. The van der Waals surface area contributed by atoms with Gasteiger partial charge < -0.3 is 10.2 Å². The molecule has 0 bridgehead atoms. The highest BCUT2D eigenvalue weighted by Gasteiger charge is 2.55. The largest absolute Gasteiger partial charge is 0.477 e. The van der Waals surface area contributed by atoms with Crippen molar-refractivity contribution in [2.24, 2.45) is 5.92 Å². The maximum Gasteiger partial charge on any atom is 0.352 e. The van der Waals surface area contributed by atoms with E-state index < -0.39 is 5.97 Å². The Morgan fingerprint density at radius 2 is 2.12 bits per heavy atom. The molecule has 128 valence electrons. The third-order valence-electron chi connectivity index (χ3n) is 4.35. The van der Waals surface area contributed by atoms with Crippen molar-refractivity contribution in [1.82, 2.24) is 15.1 Å². The van der Waals surface area contributed by atoms with E-state index in [9.17, 15) is 19.8 Å². The summed E-state index contributed by atoms with van der Waals surface area (Å²) in [6, 6.07) is -0.289. The molecule has 0 radical (unpaired) electrons. The molecule has 2 N–H and O–H groups in total. The van der Waals surface area contributed by atoms with E-state index in [2.05, 4.69) is 10.2 Å². The molecule has 1 aromatic rings. The number of aliphatic hydroxyl groups is 1. The monoisotopic (exact) mass is 367 g/mol. The summed E-state index contributed by atoms with van der Waals surface area (Å²) in [6.45, 7) is 5.29. The second kappa shape index (κ2) is 6.30. The predicted molar refractivity (Wildman–Crippen MR) is 89.6 cm³/mol. The number of β-lactam (4-membered cyclic amide) rings is 1. The first kappa shape index (κ1) is 17.1. The van der Waals surface area contributed by atoms with Crippen LogP contribution in [0, 0.1) is 12.8 Å². The van der Waals surface area contributed by atoms with Crippen molar-refractivity contribution in [2.75, 3.05) is 12.4 Å². The van der Waals surface area contributed by atoms with E-state index in [1.165, 1.54) is 28.0 Å². The number of hydrogen-bond acceptors (Lipinski definition) is 7. The van der Waals surface area contributed by atoms with Crippen molar-refractivity contribution in [3.63, 3.8) is 0 Å². The van der Waals surface area contributed by atoms with Gasteiger partial charge in [0.1, 0.15) is 10.7 Å². The van der Waals surface area contributed by atoms with E-state index in [1.807, 2.05) is 13.8 Å². The number of carbonyl (C=O) groups is 2. The Kier molecular flexibility index (Phi) is 4.50. The van der Waals surface area contributed by atoms with Crippen LogP contribution in [-0.2, 0) is 9.59 Å². The van der Waals surface area contributed by atoms with Gasteiger partial charge in [-0.25, -0.2) is 4.79 Å². The second-order valence-corrected chi connectivity index (χ2v) is 8.22. The standard InChI is InChI=1S/C15H17N3O4S2/c1-6(4-19)10-11-7(2)9(5-23-15-17-16-8(3)24-15)12(14(21)22)18(11)13(10)20/h7,11,19H,4-5H2,1-3H3,(H,21,22)/b10-6+/t7-,11+/m0/s1. The summed E-state index contributed by atoms with van der Waals surface area (Å²) in [6.07, 6.45) is 0. The molecule has 0 aliphatic carbocycles. The lowest BCUT2D eigenvalue weighted by Gasteiger charge is -2.41. The number of carbonyl (C=O) groups excluding carboxylic acids is 1. The molecule has 3 rings (SSSR count). The van der Waals surface area contributed by atoms with E-state index in [0.29, 0.717) is 16.9 Å². The van der Waals surface area contributed by atoms with Gasteiger partial charge in [0.25, 0.3) is 5.91 Å². The summed E-state index contributed by atoms with van der Waals surface area (Å²) >= 11 is 2.89. The van der Waals surface area contributed by atoms with Crippen LogP contribution in [0.1, 0.15) is 18.9 Å². The Balaban J connectivity index is 1.90. The molecule has 1 saturated heterocycles. The molecular weight excluding hydrogens is 350 g/mol. The molecule has 2 aliphatic rings. The molecule has 9 heteroatoms. The van der Waals surface area contributed by atoms with Gasteiger partial charge in [0.2, 0.25) is 0 Å². The summed E-state index contributed by atoms with van der Waals surface area (Å²) in [4.78, 5) is 25.4. The van der Waals surface area contributed by atoms with Crippen LogP contribution in [-0.4, -0.2) is 55.6 Å². The van der Waals surface area contributed by atoms with Crippen LogP contribution in [0.2, 0.25) is 0 Å². The number of hydrogen-bond donors (Lipinski definition) is 2. The minimum Gasteiger partial charge on any atom is -0.477 e. The lowest BCUT2D eigenvalue weighted by Crippen LogP contribution is -2.55. The smallest absolute Gasteiger partial charge is 0.352 e. The van der Waals surface area contributed by atoms with Gasteiger partial charge in [0, 0.05) is 17.2 Å². The third kappa shape index (κ3) is 2.56. The normalized spacial score (nSPS) is 25.0. The average Bonchev–Trinajstić information content (AvgIpc) is 3.05. The van der Waals surface area contributed by atoms with Crippen molar-refractivity contribution in [3.05, 3.63) is 27.4 Å². The molecule has 0 aromatic carbocycles. The zero-order valence-electron chi connectivity index (χ0n) is 13.4. The number of aryl methyl sites for hydroxylation is 1. The third-order valence-corrected chi connectivity index (χ3v) is 6.37. The number of carboxylic acids is 1. The van der Waals surface area contributed by atoms with Gasteiger partial charge in [-0.15, -0.1) is 10.2 Å². The molecular formula is C15H17N3O4S2. The fourth-order valence-corrected chi connectivity index (χ4v) is 5.12. The number of thioether (sulfide) groups is 1. The minimum atomic E-state index is -1.09. The molecule has 2 atom stereocenters. The van der Waals surface area contributed by atoms with Gasteiger partial charge >= 0.3 is 5.97 Å². The number of fused-ring (bicyclic) bond motifs is 1. The summed E-state index contributed by atoms with van der Waals surface area (Å²) in [5.41, 5.74) is 1.93. The van der Waals surface area contributed by atoms with Crippen LogP contribution in [0.5, 0.6) is 0 Å². The number of aliphatic hydroxyl groups excluding tert-OH is 1. The maximum absolute atomic E-state index is 12.4. The Labute approximate surface area is 147 Å². The van der Waals surface area contributed by atoms with Crippen LogP contribution in [0.4, 0.5) is 0 Å². The number of nitrogens with zero attached hydrogens (tertiary/aromatic N) is 3. The first-order chi connectivity index (χ1) is 11.4. The summed E-state index contributed by atoms with van der Waals surface area (Å²) in [7, 11) is 0. The highest BCUT2D eigenvalue weighted by molar-refractivity contribution is 8.01. The fourth-order valence-electron chi connectivity index (χ4n) is 3.16. The number of amides is 1. The summed E-state index contributed by atoms with van der Waals surface area (Å²) in [5, 5.41) is 27.7. The highest BCUT2D eigenvalue weighted by Crippen LogP contribution is 2.47. The van der Waals surface area contributed by atoms with Crippen LogP contribution < -0.4 is 0 Å². The van der Waals surface area contributed by atoms with E-state index >= 15 is 0 Å². The van der Waals surface area contributed by atoms with E-state index in [-0.39, 0.29) is 30.2 Å². The van der Waals surface area contributed by atoms with E-state index in [4.69, 9.17) is 0 Å². The van der Waals surface area contributed by atoms with E-state index in [0.717, 1.165) is 14.9 Å². The second-order valence-electron chi connectivity index (χ2n) is 5.82. The maximum atomic E-state index is 12.4. The van der Waals surface area contributed by atoms with Crippen molar-refractivity contribution in [3.8, 4) is 0 Å². The first-order valence-corrected chi connectivity index (χ1v) is 9.20. The quantitative estimate of drug-likeness (QED) is 0.461.